The first-order chi connectivity index (χ1) is 13.3. The third kappa shape index (κ3) is 4.47. The molecule has 1 unspecified atom stereocenters. The maximum atomic E-state index is 4.68. The second-order valence-electron chi connectivity index (χ2n) is 8.02. The van der Waals surface area contributed by atoms with Crippen molar-refractivity contribution in [1.29, 1.82) is 0 Å². The highest BCUT2D eigenvalue weighted by molar-refractivity contribution is 5.61. The Labute approximate surface area is 163 Å². The fourth-order valence-corrected chi connectivity index (χ4v) is 4.39. The van der Waals surface area contributed by atoms with E-state index in [9.17, 15) is 0 Å². The number of hydrogen-bond donors (Lipinski definition) is 0. The molecule has 1 aliphatic carbocycles. The fraction of sp³-hybridized carbons (Fsp3) is 0.346. The molecular formula is C26H29N. The molecule has 0 amide bonds. The van der Waals surface area contributed by atoms with Crippen LogP contribution in [0.25, 0.3) is 11.3 Å². The van der Waals surface area contributed by atoms with Crippen LogP contribution in [0.15, 0.2) is 72.9 Å². The molecule has 1 saturated carbocycles. The minimum Gasteiger partial charge on any atom is -0.256 e. The lowest BCUT2D eigenvalue weighted by Gasteiger charge is -2.21. The Morgan fingerprint density at radius 1 is 0.852 bits per heavy atom. The van der Waals surface area contributed by atoms with E-state index in [1.807, 2.05) is 6.20 Å². The number of hydrogen-bond acceptors (Lipinski definition) is 1. The smallest absolute Gasteiger partial charge is 0.0704 e. The molecule has 1 heteroatoms. The molecule has 0 aliphatic heterocycles. The van der Waals surface area contributed by atoms with Gasteiger partial charge >= 0.3 is 0 Å². The molecule has 3 aromatic rings. The highest BCUT2D eigenvalue weighted by Crippen LogP contribution is 2.30. The van der Waals surface area contributed by atoms with E-state index in [1.54, 1.807) is 0 Å². The molecule has 0 spiro atoms. The molecular weight excluding hydrogens is 326 g/mol. The van der Waals surface area contributed by atoms with Crippen molar-refractivity contribution in [3.05, 3.63) is 89.6 Å². The predicted molar refractivity (Wildman–Crippen MR) is 114 cm³/mol. The Morgan fingerprint density at radius 3 is 2.44 bits per heavy atom. The summed E-state index contributed by atoms with van der Waals surface area (Å²) in [6, 6.07) is 24.1. The van der Waals surface area contributed by atoms with E-state index < -0.39 is 0 Å². The van der Waals surface area contributed by atoms with Gasteiger partial charge in [-0.25, -0.2) is 0 Å². The Balaban J connectivity index is 1.55. The molecule has 138 valence electrons. The van der Waals surface area contributed by atoms with Crippen LogP contribution in [0.5, 0.6) is 0 Å². The van der Waals surface area contributed by atoms with E-state index in [-0.39, 0.29) is 0 Å². The quantitative estimate of drug-likeness (QED) is 0.479. The van der Waals surface area contributed by atoms with Crippen LogP contribution < -0.4 is 0 Å². The lowest BCUT2D eigenvalue weighted by Crippen LogP contribution is -2.09. The van der Waals surface area contributed by atoms with Crippen molar-refractivity contribution in [3.63, 3.8) is 0 Å². The summed E-state index contributed by atoms with van der Waals surface area (Å²) in [5, 5.41) is 0. The van der Waals surface area contributed by atoms with Gasteiger partial charge in [0, 0.05) is 17.7 Å². The van der Waals surface area contributed by atoms with Gasteiger partial charge in [0.25, 0.3) is 0 Å². The van der Waals surface area contributed by atoms with Crippen LogP contribution in [-0.2, 0) is 6.42 Å². The standard InChI is InChI=1S/C26H29N/c1-20(23-11-6-3-7-12-23)24-13-8-14-25(19-24)26-18-22(15-16-27-26)17-21-9-4-2-5-10-21/h3,6-8,11-16,18-21H,2,4-5,9-10,17H2,1H3. The largest absolute Gasteiger partial charge is 0.256 e. The van der Waals surface area contributed by atoms with Crippen molar-refractivity contribution in [2.24, 2.45) is 5.92 Å². The lowest BCUT2D eigenvalue weighted by atomic mass is 9.85. The second-order valence-corrected chi connectivity index (χ2v) is 8.02. The van der Waals surface area contributed by atoms with Crippen molar-refractivity contribution >= 4 is 0 Å². The van der Waals surface area contributed by atoms with Crippen LogP contribution in [0.3, 0.4) is 0 Å². The zero-order chi connectivity index (χ0) is 18.5. The summed E-state index contributed by atoms with van der Waals surface area (Å²) in [6.07, 6.45) is 10.2. The van der Waals surface area contributed by atoms with Crippen molar-refractivity contribution < 1.29 is 0 Å². The maximum absolute atomic E-state index is 4.68. The highest BCUT2D eigenvalue weighted by Gasteiger charge is 2.15. The first-order valence-corrected chi connectivity index (χ1v) is 10.4. The fourth-order valence-electron chi connectivity index (χ4n) is 4.39. The molecule has 1 fully saturated rings. The van der Waals surface area contributed by atoms with Crippen LogP contribution in [0, 0.1) is 5.92 Å². The summed E-state index contributed by atoms with van der Waals surface area (Å²) in [4.78, 5) is 4.68. The number of aromatic nitrogens is 1. The van der Waals surface area contributed by atoms with Gasteiger partial charge in [0.1, 0.15) is 0 Å². The summed E-state index contributed by atoms with van der Waals surface area (Å²) in [5.41, 5.74) is 6.46. The Kier molecular flexibility index (Phi) is 5.67. The van der Waals surface area contributed by atoms with Gasteiger partial charge in [0.05, 0.1) is 5.69 Å². The SMILES string of the molecule is CC(c1ccccc1)c1cccc(-c2cc(CC3CCCCC3)ccn2)c1. The zero-order valence-corrected chi connectivity index (χ0v) is 16.3. The van der Waals surface area contributed by atoms with Gasteiger partial charge in [-0.3, -0.25) is 4.98 Å². The third-order valence-corrected chi connectivity index (χ3v) is 6.06. The minimum absolute atomic E-state index is 0.386. The van der Waals surface area contributed by atoms with Gasteiger partial charge < -0.3 is 0 Å². The Bertz CT molecular complexity index is 862. The molecule has 27 heavy (non-hydrogen) atoms. The van der Waals surface area contributed by atoms with E-state index in [1.165, 1.54) is 60.8 Å². The van der Waals surface area contributed by atoms with E-state index in [4.69, 9.17) is 0 Å². The molecule has 0 saturated heterocycles. The molecule has 4 rings (SSSR count). The molecule has 0 bridgehead atoms. The van der Waals surface area contributed by atoms with Crippen LogP contribution in [0.2, 0.25) is 0 Å². The number of rotatable bonds is 5. The molecule has 1 heterocycles. The number of nitrogens with zero attached hydrogens (tertiary/aromatic N) is 1. The molecule has 2 aromatic carbocycles. The summed E-state index contributed by atoms with van der Waals surface area (Å²) in [7, 11) is 0. The van der Waals surface area contributed by atoms with E-state index in [0.29, 0.717) is 5.92 Å². The van der Waals surface area contributed by atoms with Gasteiger partial charge in [0.15, 0.2) is 0 Å². The van der Waals surface area contributed by atoms with E-state index in [0.717, 1.165) is 11.6 Å². The number of benzene rings is 2. The van der Waals surface area contributed by atoms with Gasteiger partial charge in [-0.1, -0.05) is 87.6 Å². The first-order valence-electron chi connectivity index (χ1n) is 10.4. The summed E-state index contributed by atoms with van der Waals surface area (Å²) < 4.78 is 0. The third-order valence-electron chi connectivity index (χ3n) is 6.06. The van der Waals surface area contributed by atoms with Crippen LogP contribution >= 0.6 is 0 Å². The molecule has 1 nitrogen and oxygen atoms in total. The number of pyridine rings is 1. The maximum Gasteiger partial charge on any atom is 0.0704 e. The van der Waals surface area contributed by atoms with E-state index >= 15 is 0 Å². The summed E-state index contributed by atoms with van der Waals surface area (Å²) in [5.74, 6) is 1.25. The Hall–Kier alpha value is -2.41. The highest BCUT2D eigenvalue weighted by atomic mass is 14.7. The average molecular weight is 356 g/mol. The topological polar surface area (TPSA) is 12.9 Å². The Morgan fingerprint density at radius 2 is 1.63 bits per heavy atom. The molecule has 0 N–H and O–H groups in total. The van der Waals surface area contributed by atoms with Crippen molar-refractivity contribution in [2.75, 3.05) is 0 Å². The van der Waals surface area contributed by atoms with Gasteiger partial charge in [-0.05, 0) is 47.2 Å². The summed E-state index contributed by atoms with van der Waals surface area (Å²) in [6.45, 7) is 2.28. The normalized spacial score (nSPS) is 16.2. The average Bonchev–Trinajstić information content (AvgIpc) is 2.75. The predicted octanol–water partition coefficient (Wildman–Crippen LogP) is 7.02. The van der Waals surface area contributed by atoms with Gasteiger partial charge in [0.2, 0.25) is 0 Å². The van der Waals surface area contributed by atoms with Gasteiger partial charge in [-0.2, -0.15) is 0 Å². The first kappa shape index (κ1) is 18.0. The van der Waals surface area contributed by atoms with E-state index in [2.05, 4.69) is 78.6 Å². The molecule has 1 atom stereocenters. The molecule has 1 aromatic heterocycles. The zero-order valence-electron chi connectivity index (χ0n) is 16.3. The molecule has 0 radical (unpaired) electrons. The van der Waals surface area contributed by atoms with Crippen LogP contribution in [0.4, 0.5) is 0 Å². The van der Waals surface area contributed by atoms with Crippen LogP contribution in [0.1, 0.15) is 61.6 Å². The second kappa shape index (κ2) is 8.52. The summed E-state index contributed by atoms with van der Waals surface area (Å²) >= 11 is 0. The lowest BCUT2D eigenvalue weighted by molar-refractivity contribution is 0.356. The minimum atomic E-state index is 0.386. The van der Waals surface area contributed by atoms with Crippen molar-refractivity contribution in [2.45, 2.75) is 51.4 Å². The monoisotopic (exact) mass is 355 g/mol. The van der Waals surface area contributed by atoms with Gasteiger partial charge in [-0.15, -0.1) is 0 Å². The molecule has 1 aliphatic rings. The van der Waals surface area contributed by atoms with Crippen LogP contribution in [-0.4, -0.2) is 4.98 Å². The van der Waals surface area contributed by atoms with Crippen molar-refractivity contribution in [1.82, 2.24) is 4.98 Å². The van der Waals surface area contributed by atoms with Crippen molar-refractivity contribution in [3.8, 4) is 11.3 Å².